The third-order valence-corrected chi connectivity index (χ3v) is 10.5. The number of fused-ring (bicyclic) bond motifs is 1. The van der Waals surface area contributed by atoms with Crippen molar-refractivity contribution in [2.24, 2.45) is 17.3 Å². The van der Waals surface area contributed by atoms with Gasteiger partial charge in [-0.05, 0) is 74.0 Å². The minimum Gasteiger partial charge on any atom is -0.497 e. The number of carbonyl (C=O) groups excluding carboxylic acids is 1. The Kier molecular flexibility index (Phi) is 6.91. The van der Waals surface area contributed by atoms with Crippen LogP contribution in [0.3, 0.4) is 0 Å². The third kappa shape index (κ3) is 4.24. The number of hydrogen-bond donors (Lipinski definition) is 1. The summed E-state index contributed by atoms with van der Waals surface area (Å²) in [5.74, 6) is 1.24. The minimum absolute atomic E-state index is 0.0274. The number of aromatic nitrogens is 2. The Morgan fingerprint density at radius 1 is 1.32 bits per heavy atom. The van der Waals surface area contributed by atoms with E-state index in [9.17, 15) is 9.59 Å². The smallest absolute Gasteiger partial charge is 0.469 e. The lowest BCUT2D eigenvalue weighted by molar-refractivity contribution is -0.199. The predicted octanol–water partition coefficient (Wildman–Crippen LogP) is 5.25. The summed E-state index contributed by atoms with van der Waals surface area (Å²) in [5, 5.41) is 3.35. The normalized spacial score (nSPS) is 30.2. The Morgan fingerprint density at radius 3 is 2.75 bits per heavy atom. The molecule has 212 valence electrons. The van der Waals surface area contributed by atoms with Gasteiger partial charge in [-0.1, -0.05) is 43.7 Å². The lowest BCUT2D eigenvalue weighted by Crippen LogP contribution is -2.65. The number of Topliss-reactive ketones (excluding diaryl/α,β-unsaturated/α-hetero) is 1. The highest BCUT2D eigenvalue weighted by Crippen LogP contribution is 2.66. The first-order valence-corrected chi connectivity index (χ1v) is 14.6. The van der Waals surface area contributed by atoms with Gasteiger partial charge >= 0.3 is 7.12 Å². The molecular weight excluding hydrogens is 529 g/mol. The largest absolute Gasteiger partial charge is 0.497 e. The topological polar surface area (TPSA) is 91.7 Å². The summed E-state index contributed by atoms with van der Waals surface area (Å²) in [6.07, 6.45) is 5.19. The number of hydrogen-bond acceptors (Lipinski definition) is 7. The molecule has 1 aromatic heterocycles. The van der Waals surface area contributed by atoms with Crippen LogP contribution in [0.15, 0.2) is 41.7 Å². The van der Waals surface area contributed by atoms with Crippen LogP contribution in [-0.2, 0) is 27.1 Å². The molecule has 0 amide bonds. The highest BCUT2D eigenvalue weighted by atomic mass is 35.5. The van der Waals surface area contributed by atoms with Crippen molar-refractivity contribution in [3.8, 4) is 5.75 Å². The van der Waals surface area contributed by atoms with Gasteiger partial charge in [-0.15, -0.1) is 6.58 Å². The van der Waals surface area contributed by atoms with Crippen molar-refractivity contribution in [2.75, 3.05) is 12.4 Å². The number of anilines is 1. The van der Waals surface area contributed by atoms with E-state index in [1.807, 2.05) is 24.3 Å². The quantitative estimate of drug-likeness (QED) is 0.328. The van der Waals surface area contributed by atoms with Crippen LogP contribution in [0, 0.1) is 17.3 Å². The van der Waals surface area contributed by atoms with Gasteiger partial charge in [-0.2, -0.15) is 0 Å². The van der Waals surface area contributed by atoms with Crippen LogP contribution in [0.1, 0.15) is 63.8 Å². The highest BCUT2D eigenvalue weighted by Gasteiger charge is 2.68. The van der Waals surface area contributed by atoms with E-state index < -0.39 is 24.6 Å². The van der Waals surface area contributed by atoms with Crippen LogP contribution in [0.25, 0.3) is 0 Å². The molecule has 3 aliphatic carbocycles. The maximum Gasteiger partial charge on any atom is 0.469 e. The molecule has 0 spiro atoms. The lowest BCUT2D eigenvalue weighted by Gasteiger charge is -2.64. The van der Waals surface area contributed by atoms with Crippen LogP contribution in [-0.4, -0.2) is 41.3 Å². The van der Waals surface area contributed by atoms with Gasteiger partial charge in [0.15, 0.2) is 16.8 Å². The molecule has 10 heteroatoms. The number of methoxy groups -OCH3 is 1. The molecule has 2 aliphatic heterocycles. The SMILES string of the molecule is C=CC[C@H](B1OC2C[C@H]3C[C@H](C3(C)C)[C@]2(C)O1)C(=O)[C@H]1CCc2c(Cl)nc(NCc3ccc(OC)cc3)c(=O)n21. The van der Waals surface area contributed by atoms with Crippen molar-refractivity contribution < 1.29 is 18.8 Å². The standard InChI is InChI=1S/C30H37BClN3O5/c1-6-7-20(31-39-24-15-18-14-23(29(18,2)3)30(24,4)40-31)25(36)21-12-13-22-26(32)34-27(28(37)35(21)22)33-16-17-8-10-19(38-5)11-9-17/h6,8-11,18,20-21,23-24H,1,7,12-16H2,2-5H3,(H,33,34)/t18-,20+,21-,23-,24?,30+/m1/s1. The Labute approximate surface area is 240 Å². The fraction of sp³-hybridized carbons (Fsp3) is 0.567. The van der Waals surface area contributed by atoms with Gasteiger partial charge in [0.25, 0.3) is 5.56 Å². The summed E-state index contributed by atoms with van der Waals surface area (Å²) in [5.41, 5.74) is 0.983. The number of rotatable bonds is 9. The molecular formula is C30H37BClN3O5. The van der Waals surface area contributed by atoms with E-state index in [1.54, 1.807) is 13.2 Å². The van der Waals surface area contributed by atoms with E-state index in [1.165, 1.54) is 4.57 Å². The van der Waals surface area contributed by atoms with Gasteiger partial charge in [-0.3, -0.25) is 14.2 Å². The highest BCUT2D eigenvalue weighted by molar-refractivity contribution is 6.53. The maximum atomic E-state index is 14.2. The van der Waals surface area contributed by atoms with Crippen molar-refractivity contribution in [1.82, 2.24) is 9.55 Å². The van der Waals surface area contributed by atoms with Crippen LogP contribution in [0.2, 0.25) is 11.0 Å². The summed E-state index contributed by atoms with van der Waals surface area (Å²) in [4.78, 5) is 32.2. The molecule has 6 atom stereocenters. The summed E-state index contributed by atoms with van der Waals surface area (Å²) < 4.78 is 19.9. The molecule has 1 unspecified atom stereocenters. The molecule has 8 nitrogen and oxygen atoms in total. The van der Waals surface area contributed by atoms with Crippen molar-refractivity contribution in [3.63, 3.8) is 0 Å². The number of carbonyl (C=O) groups is 1. The number of benzene rings is 1. The second-order valence-electron chi connectivity index (χ2n) is 12.5. The predicted molar refractivity (Wildman–Crippen MR) is 155 cm³/mol. The van der Waals surface area contributed by atoms with E-state index in [0.29, 0.717) is 43.3 Å². The van der Waals surface area contributed by atoms with Crippen LogP contribution >= 0.6 is 11.6 Å². The molecule has 3 saturated carbocycles. The Morgan fingerprint density at radius 2 is 2.08 bits per heavy atom. The molecule has 1 N–H and O–H groups in total. The van der Waals surface area contributed by atoms with E-state index in [2.05, 4.69) is 37.7 Å². The van der Waals surface area contributed by atoms with E-state index in [4.69, 9.17) is 25.6 Å². The fourth-order valence-corrected chi connectivity index (χ4v) is 7.95. The second-order valence-corrected chi connectivity index (χ2v) is 12.9. The summed E-state index contributed by atoms with van der Waals surface area (Å²) in [6, 6.07) is 6.87. The summed E-state index contributed by atoms with van der Waals surface area (Å²) in [7, 11) is 0.948. The first-order valence-electron chi connectivity index (χ1n) is 14.2. The molecule has 2 aromatic rings. The van der Waals surface area contributed by atoms with Gasteiger partial charge in [-0.25, -0.2) is 4.98 Å². The summed E-state index contributed by atoms with van der Waals surface area (Å²) >= 11 is 6.55. The first kappa shape index (κ1) is 27.5. The van der Waals surface area contributed by atoms with Crippen molar-refractivity contribution in [1.29, 1.82) is 0 Å². The molecule has 1 saturated heterocycles. The average molecular weight is 566 g/mol. The molecule has 40 heavy (non-hydrogen) atoms. The van der Waals surface area contributed by atoms with Crippen molar-refractivity contribution in [3.05, 3.63) is 63.7 Å². The fourth-order valence-electron chi connectivity index (χ4n) is 7.68. The number of ether oxygens (including phenoxy) is 1. The zero-order chi connectivity index (χ0) is 28.4. The van der Waals surface area contributed by atoms with Gasteiger partial charge in [0.1, 0.15) is 5.75 Å². The van der Waals surface area contributed by atoms with Gasteiger partial charge in [0, 0.05) is 6.54 Å². The van der Waals surface area contributed by atoms with E-state index >= 15 is 0 Å². The van der Waals surface area contributed by atoms with Crippen LogP contribution < -0.4 is 15.6 Å². The van der Waals surface area contributed by atoms with Crippen molar-refractivity contribution in [2.45, 2.75) is 83.0 Å². The third-order valence-electron chi connectivity index (χ3n) is 10.2. The van der Waals surface area contributed by atoms with Gasteiger partial charge in [0.05, 0.1) is 36.4 Å². The molecule has 7 rings (SSSR count). The van der Waals surface area contributed by atoms with E-state index in [0.717, 1.165) is 24.2 Å². The van der Waals surface area contributed by atoms with Crippen LogP contribution in [0.4, 0.5) is 5.82 Å². The first-order chi connectivity index (χ1) is 19.1. The second kappa shape index (κ2) is 10.0. The van der Waals surface area contributed by atoms with Crippen LogP contribution in [0.5, 0.6) is 5.75 Å². The molecule has 2 bridgehead atoms. The monoisotopic (exact) mass is 565 g/mol. The molecule has 1 aromatic carbocycles. The number of ketones is 1. The lowest BCUT2D eigenvalue weighted by atomic mass is 9.43. The average Bonchev–Trinajstić information content (AvgIpc) is 3.54. The number of halogens is 1. The molecule has 0 radical (unpaired) electrons. The molecule has 5 aliphatic rings. The van der Waals surface area contributed by atoms with Gasteiger partial charge < -0.3 is 19.4 Å². The zero-order valence-electron chi connectivity index (χ0n) is 23.6. The van der Waals surface area contributed by atoms with Crippen molar-refractivity contribution >= 4 is 30.3 Å². The Bertz CT molecular complexity index is 1390. The number of nitrogens with zero attached hydrogens (tertiary/aromatic N) is 2. The van der Waals surface area contributed by atoms with E-state index in [-0.39, 0.29) is 33.8 Å². The minimum atomic E-state index is -0.666. The van der Waals surface area contributed by atoms with Gasteiger partial charge in [0.2, 0.25) is 0 Å². The molecule has 3 heterocycles. The Hall–Kier alpha value is -2.62. The Balaban J connectivity index is 1.24. The zero-order valence-corrected chi connectivity index (χ0v) is 24.4. The summed E-state index contributed by atoms with van der Waals surface area (Å²) in [6.45, 7) is 11.1. The number of nitrogens with one attached hydrogen (secondary N) is 1. The number of allylic oxidation sites excluding steroid dienone is 1. The maximum absolute atomic E-state index is 14.2. The molecule has 4 fully saturated rings.